The molecule has 7 atom stereocenters. The first-order valence-corrected chi connectivity index (χ1v) is 15.4. The average molecular weight is 656 g/mol. The van der Waals surface area contributed by atoms with Crippen LogP contribution in [0.4, 0.5) is 5.69 Å². The molecule has 15 heteroatoms. The summed E-state index contributed by atoms with van der Waals surface area (Å²) in [6.07, 6.45) is -9.88. The first-order valence-electron chi connectivity index (χ1n) is 14.0. The summed E-state index contributed by atoms with van der Waals surface area (Å²) >= 11 is 0. The number of fused-ring (bicyclic) bond motifs is 2. The molecule has 0 amide bonds. The van der Waals surface area contributed by atoms with Gasteiger partial charge in [-0.05, 0) is 29.8 Å². The molecule has 0 radical (unpaired) electrons. The third kappa shape index (κ3) is 7.23. The summed E-state index contributed by atoms with van der Waals surface area (Å²) in [7, 11) is -4.66. The highest BCUT2D eigenvalue weighted by Gasteiger charge is 2.65. The van der Waals surface area contributed by atoms with Crippen molar-refractivity contribution in [1.82, 2.24) is 0 Å². The van der Waals surface area contributed by atoms with Crippen LogP contribution in [0.3, 0.4) is 0 Å². The Kier molecular flexibility index (Phi) is 9.76. The Bertz CT molecular complexity index is 1680. The molecule has 0 aromatic heterocycles. The van der Waals surface area contributed by atoms with Crippen LogP contribution in [-0.4, -0.2) is 74.0 Å². The van der Waals surface area contributed by atoms with Crippen LogP contribution < -0.4 is 0 Å². The second-order valence-corrected chi connectivity index (χ2v) is 12.0. The van der Waals surface area contributed by atoms with E-state index in [1.807, 2.05) is 0 Å². The van der Waals surface area contributed by atoms with Crippen LogP contribution in [0.15, 0.2) is 89.8 Å². The second-order valence-electron chi connectivity index (χ2n) is 10.5. The number of carbonyl (C=O) groups excluding carboxylic acids is 3. The van der Waals surface area contributed by atoms with Crippen LogP contribution in [-0.2, 0) is 54.2 Å². The van der Waals surface area contributed by atoms with Crippen molar-refractivity contribution in [2.24, 2.45) is 0 Å². The molecule has 0 N–H and O–H groups in total. The Morgan fingerprint density at radius 3 is 1.83 bits per heavy atom. The minimum atomic E-state index is -4.66. The zero-order chi connectivity index (χ0) is 33.0. The van der Waals surface area contributed by atoms with Gasteiger partial charge in [-0.3, -0.25) is 23.9 Å². The van der Waals surface area contributed by atoms with Gasteiger partial charge >= 0.3 is 17.9 Å². The van der Waals surface area contributed by atoms with E-state index in [1.165, 1.54) is 12.1 Å². The van der Waals surface area contributed by atoms with Crippen LogP contribution in [0.2, 0.25) is 0 Å². The molecule has 46 heavy (non-hydrogen) atoms. The van der Waals surface area contributed by atoms with E-state index in [-0.39, 0.29) is 17.9 Å². The second kappa shape index (κ2) is 13.7. The zero-order valence-electron chi connectivity index (χ0n) is 24.5. The van der Waals surface area contributed by atoms with E-state index < -0.39 is 80.6 Å². The number of nitrogens with zero attached hydrogens (tertiary/aromatic N) is 1. The number of nitro benzene ring substituents is 1. The van der Waals surface area contributed by atoms with Gasteiger partial charge in [0.15, 0.2) is 18.3 Å². The van der Waals surface area contributed by atoms with E-state index >= 15 is 0 Å². The summed E-state index contributed by atoms with van der Waals surface area (Å²) in [5, 5.41) is 11.1. The quantitative estimate of drug-likeness (QED) is 0.0966. The molecule has 2 aliphatic heterocycles. The van der Waals surface area contributed by atoms with Gasteiger partial charge in [0.25, 0.3) is 15.8 Å². The first-order chi connectivity index (χ1) is 21.9. The van der Waals surface area contributed by atoms with E-state index in [9.17, 15) is 32.9 Å². The molecule has 0 spiro atoms. The number of rotatable bonds is 11. The third-order valence-electron chi connectivity index (χ3n) is 7.30. The molecule has 2 heterocycles. The van der Waals surface area contributed by atoms with Gasteiger partial charge in [0.2, 0.25) is 0 Å². The third-order valence-corrected chi connectivity index (χ3v) is 8.62. The lowest BCUT2D eigenvalue weighted by Crippen LogP contribution is -2.59. The van der Waals surface area contributed by atoms with Crippen molar-refractivity contribution >= 4 is 33.7 Å². The van der Waals surface area contributed by atoms with Gasteiger partial charge < -0.3 is 23.7 Å². The molecule has 2 fully saturated rings. The molecule has 2 saturated heterocycles. The molecule has 3 aromatic carbocycles. The van der Waals surface area contributed by atoms with Crippen LogP contribution >= 0.6 is 0 Å². The lowest BCUT2D eigenvalue weighted by molar-refractivity contribution is -0.384. The van der Waals surface area contributed by atoms with Crippen LogP contribution in [0.1, 0.15) is 29.8 Å². The largest absolute Gasteiger partial charge is 0.456 e. The number of esters is 3. The predicted octanol–water partition coefficient (Wildman–Crippen LogP) is 3.12. The number of carbonyl (C=O) groups is 3. The molecule has 0 saturated carbocycles. The number of benzene rings is 3. The maximum absolute atomic E-state index is 13.5. The van der Waals surface area contributed by atoms with Gasteiger partial charge in [0, 0.05) is 26.0 Å². The molecule has 2 aliphatic rings. The van der Waals surface area contributed by atoms with E-state index in [0.717, 1.165) is 38.1 Å². The van der Waals surface area contributed by atoms with Gasteiger partial charge in [-0.1, -0.05) is 48.5 Å². The van der Waals surface area contributed by atoms with Crippen molar-refractivity contribution in [1.29, 1.82) is 0 Å². The fraction of sp³-hybridized carbons (Fsp3) is 0.323. The zero-order valence-corrected chi connectivity index (χ0v) is 25.3. The maximum atomic E-state index is 13.5. The van der Waals surface area contributed by atoms with Gasteiger partial charge in [0.05, 0.1) is 22.0 Å². The van der Waals surface area contributed by atoms with E-state index in [4.69, 9.17) is 27.9 Å². The van der Waals surface area contributed by atoms with Crippen LogP contribution in [0, 0.1) is 10.1 Å². The van der Waals surface area contributed by atoms with Gasteiger partial charge in [-0.2, -0.15) is 8.42 Å². The monoisotopic (exact) mass is 655 g/mol. The predicted molar refractivity (Wildman–Crippen MR) is 156 cm³/mol. The van der Waals surface area contributed by atoms with E-state index in [0.29, 0.717) is 5.56 Å². The normalized spacial score (nSPS) is 25.3. The Morgan fingerprint density at radius 2 is 1.28 bits per heavy atom. The topological polar surface area (TPSA) is 184 Å². The van der Waals surface area contributed by atoms with Gasteiger partial charge in [-0.25, -0.2) is 4.79 Å². The van der Waals surface area contributed by atoms with Crippen molar-refractivity contribution in [2.45, 2.75) is 68.1 Å². The van der Waals surface area contributed by atoms with Crippen molar-refractivity contribution in [3.05, 3.63) is 106 Å². The standard InChI is InChI=1S/C31H29NO13S/c1-18(33)41-26-25-24(40-17-20-9-5-3-6-10-20)30(45-46(38,39)23-15-13-22(14-16-23)32(36)37)29(43-25)27(42-19(2)34)28(26)44-31(35)21-11-7-4-8-12-21/h3-16,24-30H,17H2,1-2H3/t24-,25-,26+,27-,28+,29-,30+/m0/s1. The summed E-state index contributed by atoms with van der Waals surface area (Å²) in [6, 6.07) is 20.8. The highest BCUT2D eigenvalue weighted by molar-refractivity contribution is 7.86. The first kappa shape index (κ1) is 32.7. The summed E-state index contributed by atoms with van der Waals surface area (Å²) in [4.78, 5) is 47.9. The Morgan fingerprint density at radius 1 is 0.739 bits per heavy atom. The molecular formula is C31H29NO13S. The van der Waals surface area contributed by atoms with Crippen molar-refractivity contribution in [3.8, 4) is 0 Å². The molecule has 242 valence electrons. The molecular weight excluding hydrogens is 626 g/mol. The van der Waals surface area contributed by atoms with Gasteiger partial charge in [-0.15, -0.1) is 0 Å². The summed E-state index contributed by atoms with van der Waals surface area (Å²) in [5.74, 6) is -2.46. The number of hydrogen-bond donors (Lipinski definition) is 0. The Labute approximate surface area is 263 Å². The van der Waals surface area contributed by atoms with Crippen molar-refractivity contribution in [2.75, 3.05) is 0 Å². The summed E-state index contributed by atoms with van der Waals surface area (Å²) < 4.78 is 62.0. The van der Waals surface area contributed by atoms with Crippen molar-refractivity contribution in [3.63, 3.8) is 0 Å². The van der Waals surface area contributed by atoms with Gasteiger partial charge in [0.1, 0.15) is 24.4 Å². The van der Waals surface area contributed by atoms with E-state index in [1.54, 1.807) is 48.5 Å². The molecule has 5 rings (SSSR count). The number of ether oxygens (including phenoxy) is 5. The van der Waals surface area contributed by atoms with E-state index in [2.05, 4.69) is 0 Å². The summed E-state index contributed by atoms with van der Waals surface area (Å²) in [6.45, 7) is 2.14. The molecule has 2 bridgehead atoms. The smallest absolute Gasteiger partial charge is 0.338 e. The fourth-order valence-electron chi connectivity index (χ4n) is 5.35. The highest BCUT2D eigenvalue weighted by Crippen LogP contribution is 2.43. The molecule has 0 unspecified atom stereocenters. The molecule has 14 nitrogen and oxygen atoms in total. The lowest BCUT2D eigenvalue weighted by atomic mass is 9.99. The SMILES string of the molecule is CC(=O)O[C@H]1[C@@H](OC(=O)c2ccccc2)[C@H](OC(C)=O)[C@@H]2O[C@H]1[C@H](OCc1ccccc1)[C@H]2OS(=O)(=O)c1ccc([N+](=O)[O-])cc1. The molecule has 3 aromatic rings. The number of hydrogen-bond acceptors (Lipinski definition) is 13. The minimum absolute atomic E-state index is 0.0605. The number of nitro groups is 1. The number of non-ortho nitro benzene ring substituents is 1. The fourth-order valence-corrected chi connectivity index (χ4v) is 6.45. The molecule has 0 aliphatic carbocycles. The highest BCUT2D eigenvalue weighted by atomic mass is 32.2. The summed E-state index contributed by atoms with van der Waals surface area (Å²) in [5.41, 5.74) is 0.508. The van der Waals surface area contributed by atoms with Crippen LogP contribution in [0.25, 0.3) is 0 Å². The minimum Gasteiger partial charge on any atom is -0.456 e. The lowest BCUT2D eigenvalue weighted by Gasteiger charge is -2.40. The Hall–Kier alpha value is -4.70. The van der Waals surface area contributed by atoms with Crippen molar-refractivity contribution < 1.29 is 55.6 Å². The Balaban J connectivity index is 1.55. The average Bonchev–Trinajstić information content (AvgIpc) is 3.34. The van der Waals surface area contributed by atoms with Crippen LogP contribution in [0.5, 0.6) is 0 Å². The maximum Gasteiger partial charge on any atom is 0.338 e.